The Morgan fingerprint density at radius 2 is 2.28 bits per heavy atom. The van der Waals surface area contributed by atoms with Gasteiger partial charge in [-0.25, -0.2) is 0 Å². The van der Waals surface area contributed by atoms with E-state index in [9.17, 15) is 15.2 Å². The van der Waals surface area contributed by atoms with E-state index in [-0.39, 0.29) is 23.1 Å². The highest BCUT2D eigenvalue weighted by Crippen LogP contribution is 2.27. The molecule has 1 aliphatic heterocycles. The van der Waals surface area contributed by atoms with E-state index in [1.165, 1.54) is 0 Å². The van der Waals surface area contributed by atoms with Crippen LogP contribution >= 0.6 is 0 Å². The molecule has 18 heavy (non-hydrogen) atoms. The fourth-order valence-corrected chi connectivity index (χ4v) is 2.48. The van der Waals surface area contributed by atoms with E-state index in [1.54, 1.807) is 12.1 Å². The maximum atomic E-state index is 10.9. The van der Waals surface area contributed by atoms with E-state index in [4.69, 9.17) is 0 Å². The molecule has 0 saturated carbocycles. The van der Waals surface area contributed by atoms with Crippen molar-refractivity contribution in [3.05, 3.63) is 33.9 Å². The van der Waals surface area contributed by atoms with Crippen molar-refractivity contribution in [3.8, 4) is 0 Å². The van der Waals surface area contributed by atoms with Gasteiger partial charge in [0.25, 0.3) is 5.69 Å². The summed E-state index contributed by atoms with van der Waals surface area (Å²) in [5, 5.41) is 20.1. The van der Waals surface area contributed by atoms with E-state index in [2.05, 4.69) is 4.90 Å². The predicted octanol–water partition coefficient (Wildman–Crippen LogP) is 2.11. The highest BCUT2D eigenvalue weighted by molar-refractivity contribution is 5.56. The lowest BCUT2D eigenvalue weighted by atomic mass is 9.98. The number of aliphatic hydroxyl groups excluding tert-OH is 1. The number of nitro groups is 1. The zero-order chi connectivity index (χ0) is 13.1. The van der Waals surface area contributed by atoms with Crippen LogP contribution in [0.25, 0.3) is 0 Å². The zero-order valence-electron chi connectivity index (χ0n) is 10.5. The Bertz CT molecular complexity index is 448. The molecule has 2 rings (SSSR count). The van der Waals surface area contributed by atoms with Crippen LogP contribution in [-0.4, -0.2) is 29.7 Å². The molecule has 5 heteroatoms. The first-order chi connectivity index (χ1) is 8.60. The lowest BCUT2D eigenvalue weighted by molar-refractivity contribution is -0.384. The first kappa shape index (κ1) is 12.8. The molecule has 0 amide bonds. The van der Waals surface area contributed by atoms with Crippen LogP contribution in [0.1, 0.15) is 18.4 Å². The van der Waals surface area contributed by atoms with Gasteiger partial charge < -0.3 is 10.0 Å². The Labute approximate surface area is 106 Å². The van der Waals surface area contributed by atoms with Gasteiger partial charge >= 0.3 is 0 Å². The Balaban J connectivity index is 2.24. The number of anilines is 1. The topological polar surface area (TPSA) is 66.6 Å². The summed E-state index contributed by atoms with van der Waals surface area (Å²) in [7, 11) is 0. The second-order valence-corrected chi connectivity index (χ2v) is 4.92. The quantitative estimate of drug-likeness (QED) is 0.659. The number of nitrogens with zero attached hydrogens (tertiary/aromatic N) is 2. The first-order valence-electron chi connectivity index (χ1n) is 6.22. The molecule has 1 saturated heterocycles. The molecule has 5 nitrogen and oxygen atoms in total. The van der Waals surface area contributed by atoms with Crippen LogP contribution in [-0.2, 0) is 0 Å². The summed E-state index contributed by atoms with van der Waals surface area (Å²) in [6.45, 7) is 3.72. The summed E-state index contributed by atoms with van der Waals surface area (Å²) < 4.78 is 0. The van der Waals surface area contributed by atoms with Crippen molar-refractivity contribution >= 4 is 11.4 Å². The minimum atomic E-state index is -0.357. The molecule has 1 fully saturated rings. The third-order valence-electron chi connectivity index (χ3n) is 3.40. The minimum Gasteiger partial charge on any atom is -0.396 e. The smallest absolute Gasteiger partial charge is 0.271 e. The Morgan fingerprint density at radius 1 is 1.50 bits per heavy atom. The normalized spacial score (nSPS) is 19.9. The van der Waals surface area contributed by atoms with Crippen LogP contribution in [0, 0.1) is 23.0 Å². The first-order valence-corrected chi connectivity index (χ1v) is 6.22. The van der Waals surface area contributed by atoms with Gasteiger partial charge in [0.2, 0.25) is 0 Å². The number of nitro benzene ring substituents is 1. The third kappa shape index (κ3) is 2.79. The van der Waals surface area contributed by atoms with Gasteiger partial charge in [-0.3, -0.25) is 10.1 Å². The van der Waals surface area contributed by atoms with E-state index in [1.807, 2.05) is 13.0 Å². The molecule has 1 atom stereocenters. The molecule has 0 aliphatic carbocycles. The number of hydrogen-bond donors (Lipinski definition) is 1. The van der Waals surface area contributed by atoms with E-state index in [0.29, 0.717) is 0 Å². The molecule has 1 aromatic carbocycles. The highest BCUT2D eigenvalue weighted by Gasteiger charge is 2.21. The summed E-state index contributed by atoms with van der Waals surface area (Å²) in [5.74, 6) is 0.276. The number of non-ortho nitro benzene ring substituents is 1. The molecule has 0 bridgehead atoms. The number of piperidine rings is 1. The minimum absolute atomic E-state index is 0.135. The molecule has 1 aliphatic rings. The maximum Gasteiger partial charge on any atom is 0.271 e. The van der Waals surface area contributed by atoms with Crippen LogP contribution < -0.4 is 4.90 Å². The number of aliphatic hydroxyl groups is 1. The molecular weight excluding hydrogens is 232 g/mol. The van der Waals surface area contributed by atoms with Gasteiger partial charge in [-0.05, 0) is 37.3 Å². The van der Waals surface area contributed by atoms with Gasteiger partial charge in [0, 0.05) is 37.5 Å². The summed E-state index contributed by atoms with van der Waals surface area (Å²) in [5.41, 5.74) is 1.92. The standard InChI is InChI=1S/C13H18N2O3/c1-10-5-12(7-13(6-10)15(17)18)14-4-2-3-11(8-14)9-16/h5-7,11,16H,2-4,8-9H2,1H3. The molecular formula is C13H18N2O3. The van der Waals surface area contributed by atoms with Crippen LogP contribution in [0.5, 0.6) is 0 Å². The zero-order valence-corrected chi connectivity index (χ0v) is 10.5. The molecule has 1 unspecified atom stereocenters. The van der Waals surface area contributed by atoms with Crippen molar-refractivity contribution in [3.63, 3.8) is 0 Å². The number of aryl methyl sites for hydroxylation is 1. The van der Waals surface area contributed by atoms with Crippen molar-refractivity contribution in [2.75, 3.05) is 24.6 Å². The van der Waals surface area contributed by atoms with Crippen molar-refractivity contribution in [1.82, 2.24) is 0 Å². The molecule has 1 aromatic rings. The molecule has 0 radical (unpaired) electrons. The van der Waals surface area contributed by atoms with Crippen molar-refractivity contribution in [2.24, 2.45) is 5.92 Å². The fraction of sp³-hybridized carbons (Fsp3) is 0.538. The van der Waals surface area contributed by atoms with E-state index >= 15 is 0 Å². The van der Waals surface area contributed by atoms with Crippen LogP contribution in [0.15, 0.2) is 18.2 Å². The van der Waals surface area contributed by atoms with Gasteiger partial charge in [0.1, 0.15) is 0 Å². The lowest BCUT2D eigenvalue weighted by Crippen LogP contribution is -2.36. The van der Waals surface area contributed by atoms with Crippen LogP contribution in [0.2, 0.25) is 0 Å². The van der Waals surface area contributed by atoms with Crippen LogP contribution in [0.4, 0.5) is 11.4 Å². The summed E-state index contributed by atoms with van der Waals surface area (Å²) in [6.07, 6.45) is 2.05. The monoisotopic (exact) mass is 250 g/mol. The largest absolute Gasteiger partial charge is 0.396 e. The van der Waals surface area contributed by atoms with Crippen molar-refractivity contribution in [1.29, 1.82) is 0 Å². The summed E-state index contributed by atoms with van der Waals surface area (Å²) >= 11 is 0. The van der Waals surface area contributed by atoms with Crippen LogP contribution in [0.3, 0.4) is 0 Å². The predicted molar refractivity (Wildman–Crippen MR) is 69.9 cm³/mol. The highest BCUT2D eigenvalue weighted by atomic mass is 16.6. The van der Waals surface area contributed by atoms with Gasteiger partial charge in [-0.1, -0.05) is 0 Å². The average Bonchev–Trinajstić information content (AvgIpc) is 2.38. The summed E-state index contributed by atoms with van der Waals surface area (Å²) in [6, 6.07) is 5.16. The molecule has 1 N–H and O–H groups in total. The van der Waals surface area contributed by atoms with Gasteiger partial charge in [0.15, 0.2) is 0 Å². The lowest BCUT2D eigenvalue weighted by Gasteiger charge is -2.33. The third-order valence-corrected chi connectivity index (χ3v) is 3.40. The molecule has 98 valence electrons. The van der Waals surface area contributed by atoms with E-state index < -0.39 is 0 Å². The SMILES string of the molecule is Cc1cc(N2CCCC(CO)C2)cc([N+](=O)[O-])c1. The molecule has 0 spiro atoms. The Kier molecular flexibility index (Phi) is 3.81. The molecule has 1 heterocycles. The van der Waals surface area contributed by atoms with E-state index in [0.717, 1.165) is 37.2 Å². The van der Waals surface area contributed by atoms with Gasteiger partial charge in [-0.15, -0.1) is 0 Å². The Hall–Kier alpha value is -1.62. The van der Waals surface area contributed by atoms with Gasteiger partial charge in [0.05, 0.1) is 4.92 Å². The number of rotatable bonds is 3. The maximum absolute atomic E-state index is 10.9. The summed E-state index contributed by atoms with van der Waals surface area (Å²) in [4.78, 5) is 12.6. The molecule has 0 aromatic heterocycles. The second kappa shape index (κ2) is 5.35. The Morgan fingerprint density at radius 3 is 2.94 bits per heavy atom. The fourth-order valence-electron chi connectivity index (χ4n) is 2.48. The average molecular weight is 250 g/mol. The number of benzene rings is 1. The van der Waals surface area contributed by atoms with Crippen molar-refractivity contribution < 1.29 is 10.0 Å². The number of hydrogen-bond acceptors (Lipinski definition) is 4. The van der Waals surface area contributed by atoms with Crippen molar-refractivity contribution in [2.45, 2.75) is 19.8 Å². The van der Waals surface area contributed by atoms with Gasteiger partial charge in [-0.2, -0.15) is 0 Å². The second-order valence-electron chi connectivity index (χ2n) is 4.92.